The number of hydrogen-bond donors (Lipinski definition) is 3. The number of carbonyl (C=O) groups is 2. The zero-order valence-corrected chi connectivity index (χ0v) is 11.7. The molecule has 0 saturated heterocycles. The number of benzene rings is 1. The second-order valence-electron chi connectivity index (χ2n) is 4.31. The molecule has 0 radical (unpaired) electrons. The van der Waals surface area contributed by atoms with Gasteiger partial charge in [0, 0.05) is 0 Å². The summed E-state index contributed by atoms with van der Waals surface area (Å²) >= 11 is 0. The molecule has 1 unspecified atom stereocenters. The van der Waals surface area contributed by atoms with Crippen LogP contribution in [0.3, 0.4) is 0 Å². The van der Waals surface area contributed by atoms with Crippen molar-refractivity contribution >= 4 is 17.6 Å². The molecule has 0 aromatic heterocycles. The summed E-state index contributed by atoms with van der Waals surface area (Å²) in [6.45, 7) is 1.83. The van der Waals surface area contributed by atoms with Crippen molar-refractivity contribution in [2.45, 2.75) is 25.8 Å². The fourth-order valence-corrected chi connectivity index (χ4v) is 1.76. The number of carbonyl (C=O) groups excluding carboxylic acids is 1. The molecule has 1 aromatic carbocycles. The monoisotopic (exact) mass is 280 g/mol. The number of carboxylic acids is 1. The van der Waals surface area contributed by atoms with E-state index in [-0.39, 0.29) is 12.5 Å². The number of methoxy groups -OCH3 is 1. The Balaban J connectivity index is 2.53. The van der Waals surface area contributed by atoms with Gasteiger partial charge in [-0.3, -0.25) is 14.9 Å². The minimum atomic E-state index is -0.947. The Morgan fingerprint density at radius 2 is 2.05 bits per heavy atom. The molecule has 0 fully saturated rings. The van der Waals surface area contributed by atoms with Crippen LogP contribution < -0.4 is 15.4 Å². The second-order valence-corrected chi connectivity index (χ2v) is 4.31. The highest BCUT2D eigenvalue weighted by Crippen LogP contribution is 2.22. The van der Waals surface area contributed by atoms with Crippen LogP contribution >= 0.6 is 0 Å². The molecular formula is C14H20N2O4. The maximum Gasteiger partial charge on any atom is 0.320 e. The van der Waals surface area contributed by atoms with Gasteiger partial charge >= 0.3 is 5.97 Å². The van der Waals surface area contributed by atoms with E-state index in [9.17, 15) is 9.59 Å². The van der Waals surface area contributed by atoms with Crippen LogP contribution in [0, 0.1) is 0 Å². The third kappa shape index (κ3) is 4.89. The highest BCUT2D eigenvalue weighted by Gasteiger charge is 2.17. The lowest BCUT2D eigenvalue weighted by Gasteiger charge is -2.14. The predicted octanol–water partition coefficient (Wildman–Crippen LogP) is 1.48. The molecule has 0 aliphatic heterocycles. The smallest absolute Gasteiger partial charge is 0.320 e. The number of hydrogen-bond acceptors (Lipinski definition) is 4. The molecule has 20 heavy (non-hydrogen) atoms. The van der Waals surface area contributed by atoms with E-state index >= 15 is 0 Å². The molecule has 3 N–H and O–H groups in total. The largest absolute Gasteiger partial charge is 0.495 e. The highest BCUT2D eigenvalue weighted by molar-refractivity contribution is 5.94. The van der Waals surface area contributed by atoms with Gasteiger partial charge in [-0.1, -0.05) is 25.5 Å². The molecule has 1 rings (SSSR count). The van der Waals surface area contributed by atoms with E-state index in [0.29, 0.717) is 17.9 Å². The molecule has 0 saturated carbocycles. The van der Waals surface area contributed by atoms with E-state index in [1.807, 2.05) is 6.92 Å². The number of aliphatic carboxylic acids is 1. The third-order valence-corrected chi connectivity index (χ3v) is 2.77. The summed E-state index contributed by atoms with van der Waals surface area (Å²) < 4.78 is 5.12. The molecular weight excluding hydrogens is 260 g/mol. The second kappa shape index (κ2) is 8.16. The van der Waals surface area contributed by atoms with Crippen molar-refractivity contribution in [2.75, 3.05) is 19.0 Å². The Bertz CT molecular complexity index is 462. The molecule has 110 valence electrons. The van der Waals surface area contributed by atoms with Crippen LogP contribution in [0.25, 0.3) is 0 Å². The predicted molar refractivity (Wildman–Crippen MR) is 76.0 cm³/mol. The number of para-hydroxylation sites is 2. The van der Waals surface area contributed by atoms with Gasteiger partial charge in [-0.25, -0.2) is 0 Å². The number of ether oxygens (including phenoxy) is 1. The maximum atomic E-state index is 11.8. The molecule has 1 amide bonds. The summed E-state index contributed by atoms with van der Waals surface area (Å²) in [7, 11) is 1.52. The van der Waals surface area contributed by atoms with Gasteiger partial charge in [-0.15, -0.1) is 0 Å². The van der Waals surface area contributed by atoms with Crippen molar-refractivity contribution in [3.63, 3.8) is 0 Å². The summed E-state index contributed by atoms with van der Waals surface area (Å²) in [5.74, 6) is -0.696. The van der Waals surface area contributed by atoms with E-state index in [1.54, 1.807) is 24.3 Å². The van der Waals surface area contributed by atoms with Gasteiger partial charge in [0.05, 0.1) is 19.3 Å². The van der Waals surface area contributed by atoms with Crippen molar-refractivity contribution in [2.24, 2.45) is 0 Å². The fraction of sp³-hybridized carbons (Fsp3) is 0.429. The third-order valence-electron chi connectivity index (χ3n) is 2.77. The summed E-state index contributed by atoms with van der Waals surface area (Å²) in [5, 5.41) is 14.4. The number of amides is 1. The van der Waals surface area contributed by atoms with E-state index in [2.05, 4.69) is 10.6 Å². The number of carboxylic acid groups (broad SMARTS) is 1. The Hall–Kier alpha value is -2.08. The minimum absolute atomic E-state index is 0.0605. The summed E-state index contributed by atoms with van der Waals surface area (Å²) in [4.78, 5) is 22.7. The topological polar surface area (TPSA) is 87.7 Å². The standard InChI is InChI=1S/C14H20N2O4/c1-3-6-11(14(18)19)15-9-13(17)16-10-7-4-5-8-12(10)20-2/h4-5,7-8,11,15H,3,6,9H2,1-2H3,(H,16,17)(H,18,19). The fourth-order valence-electron chi connectivity index (χ4n) is 1.76. The van der Waals surface area contributed by atoms with Gasteiger partial charge < -0.3 is 15.2 Å². The average Bonchev–Trinajstić information content (AvgIpc) is 2.43. The minimum Gasteiger partial charge on any atom is -0.495 e. The Kier molecular flexibility index (Phi) is 6.52. The Morgan fingerprint density at radius 1 is 1.35 bits per heavy atom. The first kappa shape index (κ1) is 16.0. The number of nitrogens with one attached hydrogen (secondary N) is 2. The molecule has 0 heterocycles. The first-order valence-corrected chi connectivity index (χ1v) is 6.47. The zero-order chi connectivity index (χ0) is 15.0. The number of rotatable bonds is 8. The molecule has 1 atom stereocenters. The van der Waals surface area contributed by atoms with E-state index in [0.717, 1.165) is 6.42 Å². The van der Waals surface area contributed by atoms with Crippen molar-refractivity contribution in [1.29, 1.82) is 0 Å². The van der Waals surface area contributed by atoms with Crippen molar-refractivity contribution in [3.05, 3.63) is 24.3 Å². The van der Waals surface area contributed by atoms with Crippen molar-refractivity contribution in [3.8, 4) is 5.75 Å². The Morgan fingerprint density at radius 3 is 2.65 bits per heavy atom. The van der Waals surface area contributed by atoms with Gasteiger partial charge in [0.25, 0.3) is 0 Å². The summed E-state index contributed by atoms with van der Waals surface area (Å²) in [6.07, 6.45) is 1.22. The zero-order valence-electron chi connectivity index (χ0n) is 11.7. The molecule has 0 spiro atoms. The van der Waals surface area contributed by atoms with Gasteiger partial charge in [-0.2, -0.15) is 0 Å². The lowest BCUT2D eigenvalue weighted by Crippen LogP contribution is -2.41. The summed E-state index contributed by atoms with van der Waals surface area (Å²) in [5.41, 5.74) is 0.559. The molecule has 6 nitrogen and oxygen atoms in total. The van der Waals surface area contributed by atoms with E-state index in [1.165, 1.54) is 7.11 Å². The van der Waals surface area contributed by atoms with Crippen molar-refractivity contribution in [1.82, 2.24) is 5.32 Å². The lowest BCUT2D eigenvalue weighted by atomic mass is 10.2. The summed E-state index contributed by atoms with van der Waals surface area (Å²) in [6, 6.07) is 6.33. The molecule has 6 heteroatoms. The lowest BCUT2D eigenvalue weighted by molar-refractivity contribution is -0.139. The van der Waals surface area contributed by atoms with Crippen LogP contribution in [0.2, 0.25) is 0 Å². The Labute approximate surface area is 118 Å². The number of anilines is 1. The average molecular weight is 280 g/mol. The highest BCUT2D eigenvalue weighted by atomic mass is 16.5. The molecule has 1 aromatic rings. The van der Waals surface area contributed by atoms with Gasteiger partial charge in [0.15, 0.2) is 0 Å². The first-order valence-electron chi connectivity index (χ1n) is 6.47. The van der Waals surface area contributed by atoms with Crippen LogP contribution in [0.15, 0.2) is 24.3 Å². The van der Waals surface area contributed by atoms with Crippen molar-refractivity contribution < 1.29 is 19.4 Å². The van der Waals surface area contributed by atoms with Gasteiger partial charge in [-0.05, 0) is 18.6 Å². The molecule has 0 bridgehead atoms. The van der Waals surface area contributed by atoms with Gasteiger partial charge in [0.1, 0.15) is 11.8 Å². The molecule has 0 aliphatic carbocycles. The van der Waals surface area contributed by atoms with Gasteiger partial charge in [0.2, 0.25) is 5.91 Å². The van der Waals surface area contributed by atoms with Crippen LogP contribution in [0.1, 0.15) is 19.8 Å². The SMILES string of the molecule is CCCC(NCC(=O)Nc1ccccc1OC)C(=O)O. The first-order chi connectivity index (χ1) is 9.58. The van der Waals surface area contributed by atoms with E-state index in [4.69, 9.17) is 9.84 Å². The van der Waals surface area contributed by atoms with E-state index < -0.39 is 12.0 Å². The van der Waals surface area contributed by atoms with Crippen LogP contribution in [-0.4, -0.2) is 36.7 Å². The van der Waals surface area contributed by atoms with Crippen LogP contribution in [-0.2, 0) is 9.59 Å². The molecule has 0 aliphatic rings. The maximum absolute atomic E-state index is 11.8. The quantitative estimate of drug-likeness (QED) is 0.671. The van der Waals surface area contributed by atoms with Crippen LogP contribution in [0.4, 0.5) is 5.69 Å². The normalized spacial score (nSPS) is 11.7. The van der Waals surface area contributed by atoms with Crippen LogP contribution in [0.5, 0.6) is 5.75 Å².